The maximum Gasteiger partial charge on any atom is 0.188 e. The van der Waals surface area contributed by atoms with Crippen molar-refractivity contribution < 1.29 is 4.39 Å². The molecule has 0 aliphatic carbocycles. The van der Waals surface area contributed by atoms with Crippen molar-refractivity contribution >= 4 is 44.1 Å². The number of nitrogens with zero attached hydrogens (tertiary/aromatic N) is 1. The number of nitrogens with one attached hydrogen (secondary N) is 1. The highest BCUT2D eigenvalue weighted by Crippen LogP contribution is 2.32. The van der Waals surface area contributed by atoms with Gasteiger partial charge in [0, 0.05) is 4.90 Å². The Morgan fingerprint density at radius 2 is 2.05 bits per heavy atom. The molecule has 0 saturated heterocycles. The molecule has 0 bridgehead atoms. The van der Waals surface area contributed by atoms with E-state index in [0.29, 0.717) is 0 Å². The van der Waals surface area contributed by atoms with E-state index < -0.39 is 0 Å². The minimum absolute atomic E-state index is 0.229. The Morgan fingerprint density at radius 3 is 2.89 bits per heavy atom. The average Bonchev–Trinajstić information content (AvgIpc) is 2.80. The third-order valence-corrected chi connectivity index (χ3v) is 4.43. The van der Waals surface area contributed by atoms with E-state index in [4.69, 9.17) is 0 Å². The van der Waals surface area contributed by atoms with Crippen LogP contribution in [0.3, 0.4) is 0 Å². The van der Waals surface area contributed by atoms with Gasteiger partial charge in [-0.3, -0.25) is 0 Å². The largest absolute Gasteiger partial charge is 0.331 e. The molecule has 1 N–H and O–H groups in total. The molecule has 2 aromatic carbocycles. The number of benzene rings is 2. The first kappa shape index (κ1) is 12.4. The second-order valence-corrected chi connectivity index (χ2v) is 5.84. The molecule has 0 spiro atoms. The van der Waals surface area contributed by atoms with Gasteiger partial charge in [-0.15, -0.1) is 11.8 Å². The Hall–Kier alpha value is -1.59. The van der Waals surface area contributed by atoms with Crippen LogP contribution in [0.5, 0.6) is 0 Å². The number of para-hydroxylation sites is 1. The lowest BCUT2D eigenvalue weighted by molar-refractivity contribution is 0.630. The molecule has 2 nitrogen and oxygen atoms in total. The Morgan fingerprint density at radius 1 is 1.21 bits per heavy atom. The van der Waals surface area contributed by atoms with Crippen molar-refractivity contribution in [3.05, 3.63) is 48.3 Å². The number of fused-ring (bicyclic) bond motifs is 1. The molecule has 5 heteroatoms. The molecule has 0 amide bonds. The lowest BCUT2D eigenvalue weighted by Gasteiger charge is -2.06. The van der Waals surface area contributed by atoms with Crippen LogP contribution in [-0.2, 0) is 0 Å². The highest BCUT2D eigenvalue weighted by atomic mass is 32.2. The third-order valence-electron chi connectivity index (χ3n) is 2.70. The van der Waals surface area contributed by atoms with E-state index >= 15 is 0 Å². The first-order valence-electron chi connectivity index (χ1n) is 5.72. The molecule has 0 saturated carbocycles. The molecule has 3 aromatic rings. The molecular formula is C14H11FN2S2. The Labute approximate surface area is 118 Å². The van der Waals surface area contributed by atoms with E-state index in [1.165, 1.54) is 23.5 Å². The number of aromatic nitrogens is 1. The molecule has 1 heterocycles. The lowest BCUT2D eigenvalue weighted by Crippen LogP contribution is -1.90. The van der Waals surface area contributed by atoms with E-state index in [9.17, 15) is 4.39 Å². The molecule has 0 atom stereocenters. The smallest absolute Gasteiger partial charge is 0.188 e. The number of anilines is 2. The number of hydrogen-bond donors (Lipinski definition) is 1. The Bertz CT molecular complexity index is 724. The van der Waals surface area contributed by atoms with Crippen LogP contribution in [0.2, 0.25) is 0 Å². The van der Waals surface area contributed by atoms with E-state index in [1.807, 2.05) is 24.5 Å². The van der Waals surface area contributed by atoms with Crippen molar-refractivity contribution in [1.82, 2.24) is 4.98 Å². The number of rotatable bonds is 3. The summed E-state index contributed by atoms with van der Waals surface area (Å²) in [6, 6.07) is 12.7. The normalized spacial score (nSPS) is 10.8. The van der Waals surface area contributed by atoms with Crippen molar-refractivity contribution in [2.45, 2.75) is 4.90 Å². The van der Waals surface area contributed by atoms with Gasteiger partial charge in [0.15, 0.2) is 5.13 Å². The molecule has 96 valence electrons. The van der Waals surface area contributed by atoms with Gasteiger partial charge >= 0.3 is 0 Å². The van der Waals surface area contributed by atoms with Crippen LogP contribution < -0.4 is 5.32 Å². The number of thioether (sulfide) groups is 1. The molecule has 0 aliphatic heterocycles. The fraction of sp³-hybridized carbons (Fsp3) is 0.0714. The zero-order chi connectivity index (χ0) is 13.2. The summed E-state index contributed by atoms with van der Waals surface area (Å²) in [5.41, 5.74) is 1.84. The van der Waals surface area contributed by atoms with E-state index in [0.717, 1.165) is 25.9 Å². The van der Waals surface area contributed by atoms with Crippen LogP contribution in [0.15, 0.2) is 47.4 Å². The summed E-state index contributed by atoms with van der Waals surface area (Å²) in [5, 5.41) is 4.08. The van der Waals surface area contributed by atoms with Gasteiger partial charge in [0.25, 0.3) is 0 Å². The van der Waals surface area contributed by atoms with Gasteiger partial charge in [-0.05, 0) is 36.6 Å². The zero-order valence-corrected chi connectivity index (χ0v) is 11.8. The third kappa shape index (κ3) is 2.57. The van der Waals surface area contributed by atoms with Gasteiger partial charge in [0.1, 0.15) is 5.82 Å². The molecule has 19 heavy (non-hydrogen) atoms. The van der Waals surface area contributed by atoms with Gasteiger partial charge in [-0.25, -0.2) is 9.37 Å². The zero-order valence-electron chi connectivity index (χ0n) is 10.2. The second kappa shape index (κ2) is 5.19. The minimum atomic E-state index is -0.229. The quantitative estimate of drug-likeness (QED) is 0.694. The molecule has 0 fully saturated rings. The van der Waals surface area contributed by atoms with Gasteiger partial charge < -0.3 is 5.32 Å². The molecule has 3 rings (SSSR count). The van der Waals surface area contributed by atoms with Gasteiger partial charge in [0.05, 0.1) is 15.9 Å². The highest BCUT2D eigenvalue weighted by molar-refractivity contribution is 7.98. The number of halogens is 1. The molecule has 0 unspecified atom stereocenters. The van der Waals surface area contributed by atoms with Crippen LogP contribution in [0.1, 0.15) is 0 Å². The second-order valence-electron chi connectivity index (χ2n) is 3.96. The van der Waals surface area contributed by atoms with Crippen LogP contribution in [0, 0.1) is 5.82 Å². The molecule has 1 aromatic heterocycles. The van der Waals surface area contributed by atoms with E-state index in [1.54, 1.807) is 17.8 Å². The summed E-state index contributed by atoms with van der Waals surface area (Å²) < 4.78 is 14.0. The maximum absolute atomic E-state index is 13.1. The predicted octanol–water partition coefficient (Wildman–Crippen LogP) is 4.90. The molecular weight excluding hydrogens is 279 g/mol. The summed E-state index contributed by atoms with van der Waals surface area (Å²) in [5.74, 6) is -0.229. The van der Waals surface area contributed by atoms with Crippen molar-refractivity contribution in [3.63, 3.8) is 0 Å². The predicted molar refractivity (Wildman–Crippen MR) is 81.1 cm³/mol. The topological polar surface area (TPSA) is 24.9 Å². The standard InChI is InChI=1S/C14H11FN2S2/c1-18-12-5-3-2-4-10(12)16-14-17-11-7-6-9(15)8-13(11)19-14/h2-8H,1H3,(H,16,17). The fourth-order valence-corrected chi connectivity index (χ4v) is 3.27. The van der Waals surface area contributed by atoms with Crippen LogP contribution in [0.4, 0.5) is 15.2 Å². The Kier molecular flexibility index (Phi) is 3.40. The van der Waals surface area contributed by atoms with Crippen molar-refractivity contribution in [2.75, 3.05) is 11.6 Å². The first-order valence-corrected chi connectivity index (χ1v) is 7.76. The summed E-state index contributed by atoms with van der Waals surface area (Å²) in [6.07, 6.45) is 2.04. The highest BCUT2D eigenvalue weighted by Gasteiger charge is 2.07. The number of thiazole rings is 1. The summed E-state index contributed by atoms with van der Waals surface area (Å²) in [6.45, 7) is 0. The van der Waals surface area contributed by atoms with Crippen molar-refractivity contribution in [3.8, 4) is 0 Å². The van der Waals surface area contributed by atoms with Gasteiger partial charge in [0.2, 0.25) is 0 Å². The monoisotopic (exact) mass is 290 g/mol. The molecule has 0 aliphatic rings. The fourth-order valence-electron chi connectivity index (χ4n) is 1.82. The summed E-state index contributed by atoms with van der Waals surface area (Å²) in [7, 11) is 0. The van der Waals surface area contributed by atoms with Crippen molar-refractivity contribution in [1.29, 1.82) is 0 Å². The van der Waals surface area contributed by atoms with Crippen LogP contribution >= 0.6 is 23.1 Å². The maximum atomic E-state index is 13.1. The van der Waals surface area contributed by atoms with Gasteiger partial charge in [-0.1, -0.05) is 23.5 Å². The number of hydrogen-bond acceptors (Lipinski definition) is 4. The average molecular weight is 290 g/mol. The van der Waals surface area contributed by atoms with Crippen LogP contribution in [-0.4, -0.2) is 11.2 Å². The first-order chi connectivity index (χ1) is 9.26. The summed E-state index contributed by atoms with van der Waals surface area (Å²) >= 11 is 3.13. The van der Waals surface area contributed by atoms with E-state index in [-0.39, 0.29) is 5.82 Å². The molecule has 0 radical (unpaired) electrons. The SMILES string of the molecule is CSc1ccccc1Nc1nc2ccc(F)cc2s1. The lowest BCUT2D eigenvalue weighted by atomic mass is 10.3. The van der Waals surface area contributed by atoms with E-state index in [2.05, 4.69) is 16.4 Å². The van der Waals surface area contributed by atoms with Gasteiger partial charge in [-0.2, -0.15) is 0 Å². The summed E-state index contributed by atoms with van der Waals surface area (Å²) in [4.78, 5) is 5.62. The van der Waals surface area contributed by atoms with Crippen molar-refractivity contribution in [2.24, 2.45) is 0 Å². The Balaban J connectivity index is 1.96. The van der Waals surface area contributed by atoms with Crippen LogP contribution in [0.25, 0.3) is 10.2 Å². The minimum Gasteiger partial charge on any atom is -0.331 e.